The Kier molecular flexibility index (Phi) is 38.8. The van der Waals surface area contributed by atoms with Gasteiger partial charge >= 0.3 is 23.9 Å². The van der Waals surface area contributed by atoms with Crippen molar-refractivity contribution < 1.29 is 77.6 Å². The number of benzene rings is 2. The number of unbranched alkanes of at least 4 members (excludes halogenated alkanes) is 1. The smallest absolute Gasteiger partial charge is 0.340 e. The van der Waals surface area contributed by atoms with Crippen molar-refractivity contribution in [1.29, 1.82) is 0 Å². The summed E-state index contributed by atoms with van der Waals surface area (Å²) in [6.45, 7) is 6.57. The Balaban J connectivity index is 1.41. The summed E-state index contributed by atoms with van der Waals surface area (Å²) >= 11 is 4.52. The zero-order valence-electron chi connectivity index (χ0n) is 57.2. The first-order valence-electron chi connectivity index (χ1n) is 33.3. The summed E-state index contributed by atoms with van der Waals surface area (Å²) in [4.78, 5) is 181. The number of nitrogens with zero attached hydrogens (tertiary/aromatic N) is 7. The van der Waals surface area contributed by atoms with Crippen LogP contribution in [0.25, 0.3) is 0 Å². The van der Waals surface area contributed by atoms with E-state index in [9.17, 15) is 77.6 Å². The molecule has 2 saturated heterocycles. The van der Waals surface area contributed by atoms with Gasteiger partial charge in [0.25, 0.3) is 0 Å². The molecule has 0 aliphatic carbocycles. The number of nitrogens with two attached hydrogens (primary N) is 2. The third-order valence-electron chi connectivity index (χ3n) is 16.2. The Hall–Kier alpha value is -7.69. The Labute approximate surface area is 591 Å². The zero-order valence-corrected chi connectivity index (χ0v) is 59.6. The van der Waals surface area contributed by atoms with Gasteiger partial charge in [-0.15, -0.1) is 0 Å². The fourth-order valence-electron chi connectivity index (χ4n) is 10.9. The van der Waals surface area contributed by atoms with E-state index in [4.69, 9.17) is 11.5 Å². The Morgan fingerprint density at radius 2 is 1.14 bits per heavy atom. The molecule has 2 aliphatic rings. The van der Waals surface area contributed by atoms with E-state index in [-0.39, 0.29) is 128 Å². The predicted octanol–water partition coefficient (Wildman–Crippen LogP) is 0.461. The topological polar surface area (TPSA) is 427 Å². The lowest BCUT2D eigenvalue weighted by molar-refractivity contribution is -0.143. The molecule has 2 aromatic rings. The number of carbonyl (C=O) groups excluding carboxylic acids is 10. The minimum absolute atomic E-state index is 0.0312. The molecule has 0 aromatic heterocycles. The highest BCUT2D eigenvalue weighted by molar-refractivity contribution is 7.99. The number of carbonyl (C=O) groups is 13. The number of rotatable bonds is 42. The van der Waals surface area contributed by atoms with Gasteiger partial charge in [0.2, 0.25) is 47.3 Å². The Morgan fingerprint density at radius 1 is 0.626 bits per heavy atom. The highest BCUT2D eigenvalue weighted by Gasteiger charge is 2.38. The molecule has 2 aromatic carbocycles. The van der Waals surface area contributed by atoms with Gasteiger partial charge in [0.1, 0.15) is 18.1 Å². The first kappa shape index (κ1) is 83.7. The van der Waals surface area contributed by atoms with Crippen LogP contribution in [-0.4, -0.2) is 281 Å². The molecule has 0 bridgehead atoms. The molecule has 4 rings (SSSR count). The van der Waals surface area contributed by atoms with Crippen molar-refractivity contribution in [2.45, 2.75) is 120 Å². The van der Waals surface area contributed by atoms with Gasteiger partial charge in [-0.25, -0.2) is 9.79 Å². The van der Waals surface area contributed by atoms with Crippen LogP contribution in [0.2, 0.25) is 0 Å². The quantitative estimate of drug-likeness (QED) is 0.0319. The lowest BCUT2D eigenvalue weighted by atomic mass is 10.0. The number of nitrogens with one attached hydrogen (secondary N) is 5. The lowest BCUT2D eigenvalue weighted by Gasteiger charge is -2.32. The molecule has 10 amide bonds. The van der Waals surface area contributed by atoms with Gasteiger partial charge in [0.15, 0.2) is 5.78 Å². The minimum Gasteiger partial charge on any atom is -0.480 e. The monoisotopic (exact) mass is 1440 g/mol. The van der Waals surface area contributed by atoms with Crippen molar-refractivity contribution in [2.24, 2.45) is 22.4 Å². The van der Waals surface area contributed by atoms with Crippen molar-refractivity contribution in [1.82, 2.24) is 56.0 Å². The minimum atomic E-state index is -1.30. The van der Waals surface area contributed by atoms with Crippen LogP contribution in [0.1, 0.15) is 94.4 Å². The summed E-state index contributed by atoms with van der Waals surface area (Å²) < 4.78 is 0. The van der Waals surface area contributed by atoms with E-state index >= 15 is 0 Å². The number of aliphatic imine (C=N–C) groups is 1. The van der Waals surface area contributed by atoms with Gasteiger partial charge in [0.05, 0.1) is 44.7 Å². The van der Waals surface area contributed by atoms with Crippen LogP contribution in [0.15, 0.2) is 53.5 Å². The normalized spacial score (nSPS) is 16.4. The number of aliphatic carboxylic acids is 3. The molecule has 2 aliphatic heterocycles. The number of amides is 10. The van der Waals surface area contributed by atoms with Crippen LogP contribution in [0.3, 0.4) is 0 Å². The molecule has 548 valence electrons. The summed E-state index contributed by atoms with van der Waals surface area (Å²) in [6, 6.07) is 10.0. The highest BCUT2D eigenvalue weighted by atomic mass is 32.2. The fraction of sp³-hybridized carbons (Fsp3) is 0.606. The van der Waals surface area contributed by atoms with E-state index in [1.807, 2.05) is 30.0 Å². The van der Waals surface area contributed by atoms with E-state index in [1.165, 1.54) is 41.7 Å². The molecule has 99 heavy (non-hydrogen) atoms. The number of likely N-dealkylation sites (N-methyl/N-ethyl adjacent to an activating group) is 1. The number of ketones is 1. The van der Waals surface area contributed by atoms with Crippen molar-refractivity contribution >= 4 is 118 Å². The van der Waals surface area contributed by atoms with Crippen LogP contribution in [0.5, 0.6) is 0 Å². The van der Waals surface area contributed by atoms with E-state index in [2.05, 4.69) is 37.6 Å². The van der Waals surface area contributed by atoms with E-state index in [1.54, 1.807) is 69.4 Å². The third kappa shape index (κ3) is 33.8. The average molecular weight is 1440 g/mol. The van der Waals surface area contributed by atoms with Crippen LogP contribution >= 0.6 is 35.3 Å². The molecule has 30 nitrogen and oxygen atoms in total. The second-order valence-corrected chi connectivity index (χ2v) is 27.7. The molecular weight excluding hydrogens is 1340 g/mol. The van der Waals surface area contributed by atoms with Crippen LogP contribution in [0.4, 0.5) is 4.79 Å². The molecule has 1 unspecified atom stereocenters. The highest BCUT2D eigenvalue weighted by Crippen LogP contribution is 2.25. The van der Waals surface area contributed by atoms with Gasteiger partial charge in [-0.2, -0.15) is 35.3 Å². The van der Waals surface area contributed by atoms with Crippen molar-refractivity contribution in [2.75, 3.05) is 129 Å². The predicted molar refractivity (Wildman–Crippen MR) is 378 cm³/mol. The number of primary amides is 2. The van der Waals surface area contributed by atoms with Crippen molar-refractivity contribution in [3.63, 3.8) is 0 Å². The fourth-order valence-corrected chi connectivity index (χ4v) is 13.6. The second kappa shape index (κ2) is 45.9. The van der Waals surface area contributed by atoms with Gasteiger partial charge in [-0.3, -0.25) is 77.1 Å². The first-order chi connectivity index (χ1) is 47.2. The number of likely N-dealkylation sites (tertiary alicyclic amines) is 1. The van der Waals surface area contributed by atoms with Crippen molar-refractivity contribution in [3.05, 3.63) is 70.8 Å². The number of hydrogen-bond acceptors (Lipinski definition) is 20. The number of Topliss-reactive ketones (excluding diaryl/α,β-unsaturated/α-hetero) is 1. The van der Waals surface area contributed by atoms with E-state index < -0.39 is 102 Å². The Morgan fingerprint density at radius 3 is 1.66 bits per heavy atom. The molecule has 2 heterocycles. The molecule has 12 N–H and O–H groups in total. The van der Waals surface area contributed by atoms with E-state index in [0.29, 0.717) is 67.8 Å². The van der Waals surface area contributed by atoms with Crippen LogP contribution in [-0.2, 0) is 81.2 Å². The molecule has 0 saturated carbocycles. The second-order valence-electron chi connectivity index (χ2n) is 24.4. The lowest BCUT2D eigenvalue weighted by Crippen LogP contribution is -2.57. The summed E-state index contributed by atoms with van der Waals surface area (Å²) in [5.41, 5.74) is 14.5. The number of urea groups is 1. The molecule has 0 radical (unpaired) electrons. The largest absolute Gasteiger partial charge is 0.480 e. The number of hydrogen-bond donors (Lipinski definition) is 10. The van der Waals surface area contributed by atoms with Gasteiger partial charge in [-0.05, 0) is 67.7 Å². The molecule has 5 atom stereocenters. The van der Waals surface area contributed by atoms with Crippen LogP contribution < -0.4 is 38.1 Å². The third-order valence-corrected chi connectivity index (χ3v) is 19.4. The summed E-state index contributed by atoms with van der Waals surface area (Å²) in [6.07, 6.45) is 3.47. The molecule has 33 heteroatoms. The van der Waals surface area contributed by atoms with Crippen molar-refractivity contribution in [3.8, 4) is 0 Å². The number of carboxylic acid groups (broad SMARTS) is 3. The Bertz CT molecular complexity index is 3030. The maximum atomic E-state index is 14.4. The van der Waals surface area contributed by atoms with E-state index in [0.717, 1.165) is 28.7 Å². The maximum Gasteiger partial charge on any atom is 0.340 e. The summed E-state index contributed by atoms with van der Waals surface area (Å²) in [7, 11) is 1.44. The average Bonchev–Trinajstić information content (AvgIpc) is 1.79. The van der Waals surface area contributed by atoms with Gasteiger partial charge in [-0.1, -0.05) is 68.8 Å². The maximum absolute atomic E-state index is 14.4. The number of thioether (sulfide) groups is 3. The first-order valence-corrected chi connectivity index (χ1v) is 36.7. The molecule has 0 spiro atoms. The summed E-state index contributed by atoms with van der Waals surface area (Å²) in [5.74, 6) is -6.38. The zero-order chi connectivity index (χ0) is 72.8. The molecule has 2 fully saturated rings. The summed E-state index contributed by atoms with van der Waals surface area (Å²) in [5, 5.41) is 42.4. The standard InChI is InChI=1S/C66H100N14O16S3/c1-5-7-18-70-66(96)71-35-50(65(95)75(4)37-58(85)80-20-11-14-54(80)64(94)72-51(6-2)62(92)73-52(15-16-55(67)82)63(93)74-53(45(3)81)34-46-12-9-8-10-13-46)44-99-43-49-32-47(41-97-29-17-56(68)83)31-48(33-49)42-98-30-19-69-57(84)36-76-21-23-77(38-59(86)87)25-27-79(40-61(90)91)28-26-78(24-22-76)39-60(88)89/h8-10,12-13,31-33,35,50-54H,5-7,11,14-30,34,36-44H2,1-4H3,(H2,67,82)(H2,68,83)(H,69,84)(H,70,96)(H,72,94)(H,73,92)(H,74,93)(H,86,87)(H,88,89)(H,90,91)/t50?,51-,52-,53-,54-/m0/s1. The van der Waals surface area contributed by atoms with Gasteiger partial charge in [0, 0.05) is 133 Å². The van der Waals surface area contributed by atoms with Crippen LogP contribution in [0, 0.1) is 5.92 Å². The number of carboxylic acids is 3. The molecular formula is C66H100N14O16S3. The van der Waals surface area contributed by atoms with Gasteiger partial charge < -0.3 is 63.2 Å². The SMILES string of the molecule is CCCCNC(=O)N=CC(CSCc1cc(CSCCNC(=O)CN2CCN(CC(=O)O)CCN(CC(=O)O)CCN(CC(=O)O)CC2)cc(CSCCC(N)=O)c1)C(=O)N(C)CC(=O)N1CCC[C@H]1C(=O)N[C@@H](CC)C(=O)N[C@@H](CCC(N)=O)C(=O)N[C@@H](Cc1ccccc1)C(C)=O.